The first-order valence-corrected chi connectivity index (χ1v) is 6.69. The van der Waals surface area contributed by atoms with E-state index in [2.05, 4.69) is 27.5 Å². The second-order valence-corrected chi connectivity index (χ2v) is 4.90. The van der Waals surface area contributed by atoms with Crippen molar-refractivity contribution in [3.05, 3.63) is 59.2 Å². The molecule has 106 valence electrons. The van der Waals surface area contributed by atoms with E-state index in [1.165, 1.54) is 0 Å². The second kappa shape index (κ2) is 5.55. The smallest absolute Gasteiger partial charge is 0.128 e. The molecule has 22 heavy (non-hydrogen) atoms. The Morgan fingerprint density at radius 2 is 1.95 bits per heavy atom. The van der Waals surface area contributed by atoms with Gasteiger partial charge in [0.2, 0.25) is 0 Å². The number of aromatic nitrogens is 4. The summed E-state index contributed by atoms with van der Waals surface area (Å²) in [6, 6.07) is 13.5. The number of hydrogen-bond acceptors (Lipinski definition) is 4. The summed E-state index contributed by atoms with van der Waals surface area (Å²) in [4.78, 5) is 0. The van der Waals surface area contributed by atoms with E-state index in [-0.39, 0.29) is 0 Å². The summed E-state index contributed by atoms with van der Waals surface area (Å²) in [5.74, 6) is 0. The van der Waals surface area contributed by atoms with Crippen LogP contribution in [0.3, 0.4) is 0 Å². The number of nitrogens with one attached hydrogen (secondary N) is 1. The Hall–Kier alpha value is -3.38. The molecule has 2 heterocycles. The summed E-state index contributed by atoms with van der Waals surface area (Å²) in [7, 11) is 0. The van der Waals surface area contributed by atoms with Crippen molar-refractivity contribution >= 4 is 0 Å². The Labute approximate surface area is 127 Å². The standard InChI is InChI=1S/C16H12N6/c1-11-6-15(13-4-2-12(7-17)3-5-13)16(8-18)22(11)10-14-9-19-21-20-14/h2-6,9H,10H2,1H3,(H,19,20,21). The Balaban J connectivity index is 2.05. The summed E-state index contributed by atoms with van der Waals surface area (Å²) in [6.07, 6.45) is 1.71. The summed E-state index contributed by atoms with van der Waals surface area (Å²) >= 11 is 0. The number of benzene rings is 1. The number of aryl methyl sites for hydroxylation is 1. The van der Waals surface area contributed by atoms with Crippen LogP contribution < -0.4 is 0 Å². The summed E-state index contributed by atoms with van der Waals surface area (Å²) < 4.78 is 1.91. The lowest BCUT2D eigenvalue weighted by atomic mass is 10.0. The van der Waals surface area contributed by atoms with E-state index in [1.807, 2.05) is 29.7 Å². The van der Waals surface area contributed by atoms with Gasteiger partial charge in [0.1, 0.15) is 17.5 Å². The highest BCUT2D eigenvalue weighted by Crippen LogP contribution is 2.27. The molecule has 0 unspecified atom stereocenters. The minimum atomic E-state index is 0.488. The molecule has 3 rings (SSSR count). The molecule has 1 aromatic carbocycles. The van der Waals surface area contributed by atoms with Crippen molar-refractivity contribution < 1.29 is 0 Å². The van der Waals surface area contributed by atoms with Crippen LogP contribution >= 0.6 is 0 Å². The van der Waals surface area contributed by atoms with Gasteiger partial charge in [0.25, 0.3) is 0 Å². The Kier molecular flexibility index (Phi) is 3.43. The lowest BCUT2D eigenvalue weighted by molar-refractivity contribution is 0.739. The van der Waals surface area contributed by atoms with Gasteiger partial charge in [-0.2, -0.15) is 10.5 Å². The van der Waals surface area contributed by atoms with E-state index in [0.29, 0.717) is 17.8 Å². The monoisotopic (exact) mass is 288 g/mol. The van der Waals surface area contributed by atoms with Gasteiger partial charge in [0.15, 0.2) is 0 Å². The molecule has 6 heteroatoms. The van der Waals surface area contributed by atoms with E-state index in [0.717, 1.165) is 22.5 Å². The predicted molar refractivity (Wildman–Crippen MR) is 79.5 cm³/mol. The van der Waals surface area contributed by atoms with Gasteiger partial charge in [-0.05, 0) is 30.7 Å². The van der Waals surface area contributed by atoms with E-state index in [4.69, 9.17) is 5.26 Å². The van der Waals surface area contributed by atoms with Crippen molar-refractivity contribution in [2.24, 2.45) is 0 Å². The van der Waals surface area contributed by atoms with E-state index in [9.17, 15) is 5.26 Å². The fourth-order valence-electron chi connectivity index (χ4n) is 2.41. The molecule has 0 saturated heterocycles. The van der Waals surface area contributed by atoms with Crippen molar-refractivity contribution in [2.75, 3.05) is 0 Å². The third kappa shape index (κ3) is 2.34. The van der Waals surface area contributed by atoms with Crippen LogP contribution in [-0.2, 0) is 6.54 Å². The van der Waals surface area contributed by atoms with E-state index >= 15 is 0 Å². The number of rotatable bonds is 3. The maximum absolute atomic E-state index is 9.54. The molecule has 0 saturated carbocycles. The first-order valence-electron chi connectivity index (χ1n) is 6.69. The zero-order valence-corrected chi connectivity index (χ0v) is 11.9. The fraction of sp³-hybridized carbons (Fsp3) is 0.125. The van der Waals surface area contributed by atoms with Crippen LogP contribution in [0.2, 0.25) is 0 Å². The number of nitrogens with zero attached hydrogens (tertiary/aromatic N) is 5. The summed E-state index contributed by atoms with van der Waals surface area (Å²) in [5, 5.41) is 28.7. The molecule has 0 radical (unpaired) electrons. The van der Waals surface area contributed by atoms with Crippen molar-refractivity contribution in [2.45, 2.75) is 13.5 Å². The van der Waals surface area contributed by atoms with Gasteiger partial charge in [-0.1, -0.05) is 17.3 Å². The quantitative estimate of drug-likeness (QED) is 0.800. The van der Waals surface area contributed by atoms with Crippen LogP contribution in [0.25, 0.3) is 11.1 Å². The molecule has 0 bridgehead atoms. The van der Waals surface area contributed by atoms with E-state index in [1.54, 1.807) is 18.3 Å². The lowest BCUT2D eigenvalue weighted by Crippen LogP contribution is -2.05. The van der Waals surface area contributed by atoms with Crippen molar-refractivity contribution in [1.29, 1.82) is 10.5 Å². The highest BCUT2D eigenvalue weighted by molar-refractivity contribution is 5.71. The third-order valence-corrected chi connectivity index (χ3v) is 3.52. The molecule has 0 aliphatic carbocycles. The van der Waals surface area contributed by atoms with Gasteiger partial charge in [-0.3, -0.25) is 5.10 Å². The van der Waals surface area contributed by atoms with Crippen LogP contribution in [0.15, 0.2) is 36.5 Å². The van der Waals surface area contributed by atoms with Crippen molar-refractivity contribution in [3.8, 4) is 23.3 Å². The number of nitriles is 2. The highest BCUT2D eigenvalue weighted by Gasteiger charge is 2.15. The third-order valence-electron chi connectivity index (χ3n) is 3.52. The van der Waals surface area contributed by atoms with Gasteiger partial charge in [-0.15, -0.1) is 5.10 Å². The summed E-state index contributed by atoms with van der Waals surface area (Å²) in [5.41, 5.74) is 4.68. The molecule has 1 N–H and O–H groups in total. The van der Waals surface area contributed by atoms with Crippen LogP contribution in [0, 0.1) is 29.6 Å². The number of H-pyrrole nitrogens is 1. The fourth-order valence-corrected chi connectivity index (χ4v) is 2.41. The van der Waals surface area contributed by atoms with Gasteiger partial charge in [-0.25, -0.2) is 0 Å². The SMILES string of the molecule is Cc1cc(-c2ccc(C#N)cc2)c(C#N)n1Cc1c[nH]nn1. The average Bonchev–Trinajstić information content (AvgIpc) is 3.16. The maximum Gasteiger partial charge on any atom is 0.128 e. The minimum absolute atomic E-state index is 0.488. The topological polar surface area (TPSA) is 94.1 Å². The van der Waals surface area contributed by atoms with Gasteiger partial charge in [0, 0.05) is 17.5 Å². The van der Waals surface area contributed by atoms with Gasteiger partial charge >= 0.3 is 0 Å². The van der Waals surface area contributed by atoms with E-state index < -0.39 is 0 Å². The van der Waals surface area contributed by atoms with Crippen molar-refractivity contribution in [1.82, 2.24) is 20.0 Å². The molecule has 0 aliphatic rings. The highest BCUT2D eigenvalue weighted by atomic mass is 15.3. The van der Waals surface area contributed by atoms with Crippen LogP contribution in [-0.4, -0.2) is 20.0 Å². The first-order chi connectivity index (χ1) is 10.7. The Bertz CT molecular complexity index is 873. The second-order valence-electron chi connectivity index (χ2n) is 4.90. The molecule has 0 aliphatic heterocycles. The van der Waals surface area contributed by atoms with Crippen LogP contribution in [0.1, 0.15) is 22.6 Å². The van der Waals surface area contributed by atoms with Crippen LogP contribution in [0.5, 0.6) is 0 Å². The lowest BCUT2D eigenvalue weighted by Gasteiger charge is -2.06. The first kappa shape index (κ1) is 13.6. The molecule has 3 aromatic rings. The summed E-state index contributed by atoms with van der Waals surface area (Å²) in [6.45, 7) is 2.44. The molecular formula is C16H12N6. The normalized spacial score (nSPS) is 10.1. The van der Waals surface area contributed by atoms with Gasteiger partial charge < -0.3 is 4.57 Å². The molecule has 0 fully saturated rings. The average molecular weight is 288 g/mol. The Morgan fingerprint density at radius 3 is 2.55 bits per heavy atom. The maximum atomic E-state index is 9.54. The van der Waals surface area contributed by atoms with Gasteiger partial charge in [0.05, 0.1) is 18.2 Å². The predicted octanol–water partition coefficient (Wildman–Crippen LogP) is 2.37. The molecular weight excluding hydrogens is 276 g/mol. The van der Waals surface area contributed by atoms with Crippen molar-refractivity contribution in [3.63, 3.8) is 0 Å². The molecule has 2 aromatic heterocycles. The Morgan fingerprint density at radius 1 is 1.18 bits per heavy atom. The molecule has 0 atom stereocenters. The molecule has 0 amide bonds. The molecule has 0 spiro atoms. The minimum Gasteiger partial charge on any atom is -0.330 e. The number of hydrogen-bond donors (Lipinski definition) is 1. The zero-order chi connectivity index (χ0) is 15.5. The molecule has 6 nitrogen and oxygen atoms in total. The number of aromatic amines is 1. The van der Waals surface area contributed by atoms with Crippen LogP contribution in [0.4, 0.5) is 0 Å². The largest absolute Gasteiger partial charge is 0.330 e. The zero-order valence-electron chi connectivity index (χ0n) is 11.9.